The van der Waals surface area contributed by atoms with Crippen molar-refractivity contribution in [2.75, 3.05) is 0 Å². The van der Waals surface area contributed by atoms with Gasteiger partial charge in [-0.3, -0.25) is 0 Å². The lowest BCUT2D eigenvalue weighted by molar-refractivity contribution is -0.300. The molecule has 10 heavy (non-hydrogen) atoms. The topological polar surface area (TPSA) is 18.5 Å². The second kappa shape index (κ2) is 2.51. The molecule has 3 aliphatic rings. The standard InChI is InChI=1S/C8H14O2/c1-2-3-8-9-6-4-7(5-6)10-8/h6-8H,2-5H2,1H3. The van der Waals surface area contributed by atoms with E-state index in [1.54, 1.807) is 0 Å². The molecule has 2 heterocycles. The van der Waals surface area contributed by atoms with Gasteiger partial charge in [-0.2, -0.15) is 0 Å². The van der Waals surface area contributed by atoms with Crippen LogP contribution in [0.1, 0.15) is 32.6 Å². The van der Waals surface area contributed by atoms with Crippen LogP contribution in [-0.2, 0) is 9.47 Å². The van der Waals surface area contributed by atoms with Crippen molar-refractivity contribution in [2.24, 2.45) is 0 Å². The van der Waals surface area contributed by atoms with Crippen LogP contribution in [0, 0.1) is 0 Å². The first kappa shape index (κ1) is 6.62. The molecule has 0 aromatic carbocycles. The Balaban J connectivity index is 1.80. The molecule has 1 saturated carbocycles. The minimum Gasteiger partial charge on any atom is -0.349 e. The summed E-state index contributed by atoms with van der Waals surface area (Å²) in [4.78, 5) is 0. The second-order valence-electron chi connectivity index (χ2n) is 3.21. The van der Waals surface area contributed by atoms with E-state index in [4.69, 9.17) is 9.47 Å². The molecule has 2 nitrogen and oxygen atoms in total. The molecule has 0 N–H and O–H groups in total. The summed E-state index contributed by atoms with van der Waals surface area (Å²) in [6.45, 7) is 2.16. The van der Waals surface area contributed by atoms with Crippen molar-refractivity contribution in [3.8, 4) is 0 Å². The average molecular weight is 142 g/mol. The van der Waals surface area contributed by atoms with Crippen LogP contribution in [0.2, 0.25) is 0 Å². The summed E-state index contributed by atoms with van der Waals surface area (Å²) < 4.78 is 11.1. The van der Waals surface area contributed by atoms with Crippen LogP contribution in [-0.4, -0.2) is 18.5 Å². The van der Waals surface area contributed by atoms with E-state index in [9.17, 15) is 0 Å². The van der Waals surface area contributed by atoms with Crippen molar-refractivity contribution in [2.45, 2.75) is 51.1 Å². The van der Waals surface area contributed by atoms with E-state index in [2.05, 4.69) is 6.92 Å². The molecule has 0 amide bonds. The molecule has 0 unspecified atom stereocenters. The fraction of sp³-hybridized carbons (Fsp3) is 1.00. The highest BCUT2D eigenvalue weighted by atomic mass is 16.7. The maximum absolute atomic E-state index is 5.57. The zero-order valence-corrected chi connectivity index (χ0v) is 6.38. The molecule has 3 fully saturated rings. The lowest BCUT2D eigenvalue weighted by Crippen LogP contribution is -2.48. The van der Waals surface area contributed by atoms with Crippen molar-refractivity contribution in [3.63, 3.8) is 0 Å². The van der Waals surface area contributed by atoms with Gasteiger partial charge < -0.3 is 9.47 Å². The molecule has 58 valence electrons. The van der Waals surface area contributed by atoms with E-state index >= 15 is 0 Å². The summed E-state index contributed by atoms with van der Waals surface area (Å²) in [5, 5.41) is 0. The van der Waals surface area contributed by atoms with Gasteiger partial charge in [-0.15, -0.1) is 0 Å². The third-order valence-corrected chi connectivity index (χ3v) is 2.26. The zero-order chi connectivity index (χ0) is 6.97. The smallest absolute Gasteiger partial charge is 0.158 e. The van der Waals surface area contributed by atoms with E-state index in [1.807, 2.05) is 0 Å². The van der Waals surface area contributed by atoms with E-state index < -0.39 is 0 Å². The van der Waals surface area contributed by atoms with Gasteiger partial charge in [-0.1, -0.05) is 13.3 Å². The van der Waals surface area contributed by atoms with Gasteiger partial charge in [0.05, 0.1) is 12.2 Å². The molecule has 0 spiro atoms. The molecule has 0 atom stereocenters. The molecule has 3 rings (SSSR count). The number of ether oxygens (including phenoxy) is 2. The Kier molecular flexibility index (Phi) is 1.66. The Morgan fingerprint density at radius 3 is 2.30 bits per heavy atom. The van der Waals surface area contributed by atoms with Crippen LogP contribution in [0.3, 0.4) is 0 Å². The molecule has 0 aromatic heterocycles. The highest BCUT2D eigenvalue weighted by molar-refractivity contribution is 4.85. The van der Waals surface area contributed by atoms with Gasteiger partial charge in [-0.05, 0) is 6.42 Å². The van der Waals surface area contributed by atoms with Crippen molar-refractivity contribution < 1.29 is 9.47 Å². The molecule has 2 bridgehead atoms. The summed E-state index contributed by atoms with van der Waals surface area (Å²) in [5.41, 5.74) is 0. The number of hydrogen-bond donors (Lipinski definition) is 0. The highest BCUT2D eigenvalue weighted by Crippen LogP contribution is 2.35. The van der Waals surface area contributed by atoms with Gasteiger partial charge in [0.1, 0.15) is 0 Å². The Morgan fingerprint density at radius 2 is 1.80 bits per heavy atom. The van der Waals surface area contributed by atoms with Crippen LogP contribution in [0.25, 0.3) is 0 Å². The summed E-state index contributed by atoms with van der Waals surface area (Å²) in [6, 6.07) is 0. The largest absolute Gasteiger partial charge is 0.349 e. The normalized spacial score (nSPS) is 44.7. The SMILES string of the molecule is CCCC1OC2CC(C2)O1. The van der Waals surface area contributed by atoms with Gasteiger partial charge in [0.15, 0.2) is 6.29 Å². The molecule has 2 aliphatic heterocycles. The van der Waals surface area contributed by atoms with Crippen LogP contribution >= 0.6 is 0 Å². The van der Waals surface area contributed by atoms with E-state index in [1.165, 1.54) is 0 Å². The lowest BCUT2D eigenvalue weighted by Gasteiger charge is -2.45. The van der Waals surface area contributed by atoms with Crippen LogP contribution in [0.15, 0.2) is 0 Å². The van der Waals surface area contributed by atoms with E-state index in [0.29, 0.717) is 12.2 Å². The van der Waals surface area contributed by atoms with E-state index in [-0.39, 0.29) is 6.29 Å². The zero-order valence-electron chi connectivity index (χ0n) is 6.38. The van der Waals surface area contributed by atoms with Crippen molar-refractivity contribution >= 4 is 0 Å². The Bertz CT molecular complexity index is 108. The molecule has 0 radical (unpaired) electrons. The average Bonchev–Trinajstić information content (AvgIpc) is 1.87. The Hall–Kier alpha value is -0.0800. The van der Waals surface area contributed by atoms with Gasteiger partial charge in [0.25, 0.3) is 0 Å². The van der Waals surface area contributed by atoms with Crippen LogP contribution < -0.4 is 0 Å². The fourth-order valence-electron chi connectivity index (χ4n) is 1.57. The van der Waals surface area contributed by atoms with Gasteiger partial charge in [-0.25, -0.2) is 0 Å². The third kappa shape index (κ3) is 1.06. The summed E-state index contributed by atoms with van der Waals surface area (Å²) in [5.74, 6) is 0. The number of hydrogen-bond acceptors (Lipinski definition) is 2. The number of fused-ring (bicyclic) bond motifs is 2. The van der Waals surface area contributed by atoms with Gasteiger partial charge in [0.2, 0.25) is 0 Å². The third-order valence-electron chi connectivity index (χ3n) is 2.26. The minimum absolute atomic E-state index is 0.127. The number of rotatable bonds is 2. The maximum atomic E-state index is 5.57. The lowest BCUT2D eigenvalue weighted by atomic mass is 9.90. The highest BCUT2D eigenvalue weighted by Gasteiger charge is 2.39. The molecule has 0 aromatic rings. The fourth-order valence-corrected chi connectivity index (χ4v) is 1.57. The van der Waals surface area contributed by atoms with Crippen molar-refractivity contribution in [1.82, 2.24) is 0 Å². The first-order valence-corrected chi connectivity index (χ1v) is 4.19. The Morgan fingerprint density at radius 1 is 1.20 bits per heavy atom. The summed E-state index contributed by atoms with van der Waals surface area (Å²) in [6.07, 6.45) is 5.70. The molecule has 2 saturated heterocycles. The van der Waals surface area contributed by atoms with E-state index in [0.717, 1.165) is 25.7 Å². The Labute approximate surface area is 61.5 Å². The first-order chi connectivity index (χ1) is 4.88. The van der Waals surface area contributed by atoms with Crippen molar-refractivity contribution in [1.29, 1.82) is 0 Å². The first-order valence-electron chi connectivity index (χ1n) is 4.19. The van der Waals surface area contributed by atoms with Crippen LogP contribution in [0.4, 0.5) is 0 Å². The summed E-state index contributed by atoms with van der Waals surface area (Å²) >= 11 is 0. The summed E-state index contributed by atoms with van der Waals surface area (Å²) in [7, 11) is 0. The maximum Gasteiger partial charge on any atom is 0.158 e. The van der Waals surface area contributed by atoms with Gasteiger partial charge >= 0.3 is 0 Å². The predicted octanol–water partition coefficient (Wildman–Crippen LogP) is 1.69. The quantitative estimate of drug-likeness (QED) is 0.584. The van der Waals surface area contributed by atoms with Crippen LogP contribution in [0.5, 0.6) is 0 Å². The molecule has 1 aliphatic carbocycles. The monoisotopic (exact) mass is 142 g/mol. The van der Waals surface area contributed by atoms with Gasteiger partial charge in [0, 0.05) is 12.8 Å². The predicted molar refractivity (Wildman–Crippen MR) is 37.7 cm³/mol. The second-order valence-corrected chi connectivity index (χ2v) is 3.21. The van der Waals surface area contributed by atoms with Crippen molar-refractivity contribution in [3.05, 3.63) is 0 Å². The molecule has 2 heteroatoms. The minimum atomic E-state index is 0.127. The molecular formula is C8H14O2. The molecular weight excluding hydrogens is 128 g/mol.